The van der Waals surface area contributed by atoms with E-state index >= 15 is 0 Å². The van der Waals surface area contributed by atoms with Crippen molar-refractivity contribution in [3.8, 4) is 0 Å². The number of aryl methyl sites for hydroxylation is 1. The van der Waals surface area contributed by atoms with Crippen molar-refractivity contribution >= 4 is 0 Å². The molecule has 1 N–H and O–H groups in total. The zero-order chi connectivity index (χ0) is 12.8. The van der Waals surface area contributed by atoms with Gasteiger partial charge in [0.1, 0.15) is 0 Å². The van der Waals surface area contributed by atoms with Gasteiger partial charge in [0.25, 0.3) is 0 Å². The quantitative estimate of drug-likeness (QED) is 0.864. The molecule has 1 saturated carbocycles. The summed E-state index contributed by atoms with van der Waals surface area (Å²) in [4.78, 5) is 2.47. The van der Waals surface area contributed by atoms with E-state index < -0.39 is 0 Å². The lowest BCUT2D eigenvalue weighted by Crippen LogP contribution is -2.38. The van der Waals surface area contributed by atoms with Gasteiger partial charge in [-0.3, -0.25) is 4.90 Å². The van der Waals surface area contributed by atoms with Crippen molar-refractivity contribution in [2.24, 2.45) is 0 Å². The summed E-state index contributed by atoms with van der Waals surface area (Å²) in [5.41, 5.74) is 2.69. The van der Waals surface area contributed by atoms with Crippen LogP contribution in [0, 0.1) is 6.92 Å². The smallest absolute Gasteiger partial charge is 0.0558 e. The molecule has 2 heteroatoms. The zero-order valence-corrected chi connectivity index (χ0v) is 11.4. The van der Waals surface area contributed by atoms with Crippen LogP contribution in [0.2, 0.25) is 0 Å². The molecule has 0 radical (unpaired) electrons. The monoisotopic (exact) mass is 247 g/mol. The molecule has 0 heterocycles. The summed E-state index contributed by atoms with van der Waals surface area (Å²) < 4.78 is 0. The van der Waals surface area contributed by atoms with E-state index in [0.29, 0.717) is 6.04 Å². The summed E-state index contributed by atoms with van der Waals surface area (Å²) in [6.45, 7) is 4.19. The Bertz CT molecular complexity index is 358. The highest BCUT2D eigenvalue weighted by Crippen LogP contribution is 2.24. The number of nitrogens with zero attached hydrogens (tertiary/aromatic N) is 1. The van der Waals surface area contributed by atoms with E-state index in [-0.39, 0.29) is 6.61 Å². The third-order valence-electron chi connectivity index (χ3n) is 3.95. The standard InChI is InChI=1S/C16H25NO/c1-14-6-5-7-15(12-14)13-17(10-11-18)16-8-3-2-4-9-16/h5-7,12,16,18H,2-4,8-11,13H2,1H3. The SMILES string of the molecule is Cc1cccc(CN(CCO)C2CCCCC2)c1. The molecule has 0 saturated heterocycles. The first-order valence-electron chi connectivity index (χ1n) is 7.20. The minimum absolute atomic E-state index is 0.266. The summed E-state index contributed by atoms with van der Waals surface area (Å²) in [6, 6.07) is 9.39. The van der Waals surface area contributed by atoms with Crippen molar-refractivity contribution in [3.05, 3.63) is 35.4 Å². The predicted molar refractivity (Wildman–Crippen MR) is 75.5 cm³/mol. The molecule has 18 heavy (non-hydrogen) atoms. The van der Waals surface area contributed by atoms with Crippen LogP contribution in [0.5, 0.6) is 0 Å². The molecule has 1 aliphatic rings. The van der Waals surface area contributed by atoms with E-state index in [1.165, 1.54) is 43.2 Å². The van der Waals surface area contributed by atoms with Crippen LogP contribution in [-0.2, 0) is 6.54 Å². The number of aliphatic hydroxyl groups excluding tert-OH is 1. The van der Waals surface area contributed by atoms with Crippen molar-refractivity contribution in [1.29, 1.82) is 0 Å². The van der Waals surface area contributed by atoms with Gasteiger partial charge < -0.3 is 5.11 Å². The van der Waals surface area contributed by atoms with Crippen LogP contribution in [0.15, 0.2) is 24.3 Å². The fourth-order valence-electron chi connectivity index (χ4n) is 3.01. The topological polar surface area (TPSA) is 23.5 Å². The molecule has 0 unspecified atom stereocenters. The molecule has 0 spiro atoms. The van der Waals surface area contributed by atoms with E-state index in [1.807, 2.05) is 0 Å². The van der Waals surface area contributed by atoms with Gasteiger partial charge >= 0.3 is 0 Å². The first-order chi connectivity index (χ1) is 8.79. The van der Waals surface area contributed by atoms with Gasteiger partial charge in [-0.2, -0.15) is 0 Å². The van der Waals surface area contributed by atoms with Crippen LogP contribution in [-0.4, -0.2) is 29.2 Å². The van der Waals surface area contributed by atoms with Gasteiger partial charge in [0.15, 0.2) is 0 Å². The molecule has 100 valence electrons. The van der Waals surface area contributed by atoms with Gasteiger partial charge in [-0.05, 0) is 25.3 Å². The maximum atomic E-state index is 9.26. The first kappa shape index (κ1) is 13.6. The minimum Gasteiger partial charge on any atom is -0.395 e. The summed E-state index contributed by atoms with van der Waals surface area (Å²) in [5.74, 6) is 0. The Balaban J connectivity index is 2.00. The molecule has 2 nitrogen and oxygen atoms in total. The summed E-state index contributed by atoms with van der Waals surface area (Å²) >= 11 is 0. The van der Waals surface area contributed by atoms with E-state index in [2.05, 4.69) is 36.1 Å². The molecule has 0 aromatic heterocycles. The predicted octanol–water partition coefficient (Wildman–Crippen LogP) is 3.12. The molecule has 0 atom stereocenters. The van der Waals surface area contributed by atoms with Gasteiger partial charge in [-0.25, -0.2) is 0 Å². The number of hydrogen-bond donors (Lipinski definition) is 1. The lowest BCUT2D eigenvalue weighted by molar-refractivity contribution is 0.117. The maximum Gasteiger partial charge on any atom is 0.0558 e. The molecule has 1 aliphatic carbocycles. The summed E-state index contributed by atoms with van der Waals surface area (Å²) in [5, 5.41) is 9.26. The molecule has 0 aliphatic heterocycles. The normalized spacial score (nSPS) is 17.3. The summed E-state index contributed by atoms with van der Waals surface area (Å²) in [7, 11) is 0. The molecule has 0 bridgehead atoms. The van der Waals surface area contributed by atoms with Gasteiger partial charge in [0.05, 0.1) is 6.61 Å². The van der Waals surface area contributed by atoms with Gasteiger partial charge in [0.2, 0.25) is 0 Å². The van der Waals surface area contributed by atoms with Crippen LogP contribution in [0.1, 0.15) is 43.2 Å². The van der Waals surface area contributed by atoms with Crippen LogP contribution in [0.4, 0.5) is 0 Å². The number of rotatable bonds is 5. The van der Waals surface area contributed by atoms with E-state index in [1.54, 1.807) is 0 Å². The van der Waals surface area contributed by atoms with E-state index in [9.17, 15) is 5.11 Å². The molecular weight excluding hydrogens is 222 g/mol. The second kappa shape index (κ2) is 6.91. The van der Waals surface area contributed by atoms with Crippen molar-refractivity contribution in [2.45, 2.75) is 51.6 Å². The zero-order valence-electron chi connectivity index (χ0n) is 11.4. The fraction of sp³-hybridized carbons (Fsp3) is 0.625. The van der Waals surface area contributed by atoms with Crippen molar-refractivity contribution in [2.75, 3.05) is 13.2 Å². The third-order valence-corrected chi connectivity index (χ3v) is 3.95. The highest BCUT2D eigenvalue weighted by molar-refractivity contribution is 5.22. The summed E-state index contributed by atoms with van der Waals surface area (Å²) in [6.07, 6.45) is 6.67. The number of benzene rings is 1. The van der Waals surface area contributed by atoms with Gasteiger partial charge in [-0.1, -0.05) is 49.1 Å². The minimum atomic E-state index is 0.266. The fourth-order valence-corrected chi connectivity index (χ4v) is 3.01. The Labute approximate surface area is 111 Å². The average molecular weight is 247 g/mol. The maximum absolute atomic E-state index is 9.26. The van der Waals surface area contributed by atoms with Crippen LogP contribution in [0.25, 0.3) is 0 Å². The van der Waals surface area contributed by atoms with Crippen molar-refractivity contribution < 1.29 is 5.11 Å². The van der Waals surface area contributed by atoms with Crippen molar-refractivity contribution in [3.63, 3.8) is 0 Å². The Morgan fingerprint density at radius 1 is 1.22 bits per heavy atom. The first-order valence-corrected chi connectivity index (χ1v) is 7.20. The lowest BCUT2D eigenvalue weighted by Gasteiger charge is -2.34. The molecule has 1 aromatic carbocycles. The lowest BCUT2D eigenvalue weighted by atomic mass is 9.94. The van der Waals surface area contributed by atoms with E-state index in [4.69, 9.17) is 0 Å². The number of hydrogen-bond acceptors (Lipinski definition) is 2. The second-order valence-corrected chi connectivity index (χ2v) is 5.47. The molecular formula is C16H25NO. The Morgan fingerprint density at radius 2 is 2.00 bits per heavy atom. The van der Waals surface area contributed by atoms with Gasteiger partial charge in [-0.15, -0.1) is 0 Å². The Morgan fingerprint density at radius 3 is 2.67 bits per heavy atom. The van der Waals surface area contributed by atoms with E-state index in [0.717, 1.165) is 13.1 Å². The highest BCUT2D eigenvalue weighted by atomic mass is 16.3. The van der Waals surface area contributed by atoms with Gasteiger partial charge in [0, 0.05) is 19.1 Å². The molecule has 2 rings (SSSR count). The molecule has 1 aromatic rings. The van der Waals surface area contributed by atoms with Crippen LogP contribution >= 0.6 is 0 Å². The Hall–Kier alpha value is -0.860. The molecule has 0 amide bonds. The average Bonchev–Trinajstić information content (AvgIpc) is 2.39. The van der Waals surface area contributed by atoms with Crippen LogP contribution in [0.3, 0.4) is 0 Å². The Kier molecular flexibility index (Phi) is 5.21. The molecule has 1 fully saturated rings. The largest absolute Gasteiger partial charge is 0.395 e. The number of aliphatic hydroxyl groups is 1. The third kappa shape index (κ3) is 3.82. The highest BCUT2D eigenvalue weighted by Gasteiger charge is 2.20. The second-order valence-electron chi connectivity index (χ2n) is 5.47. The van der Waals surface area contributed by atoms with Crippen molar-refractivity contribution in [1.82, 2.24) is 4.90 Å². The van der Waals surface area contributed by atoms with Crippen LogP contribution < -0.4 is 0 Å².